The van der Waals surface area contributed by atoms with Gasteiger partial charge in [0.15, 0.2) is 0 Å². The van der Waals surface area contributed by atoms with Gasteiger partial charge in [-0.25, -0.2) is 0 Å². The molecule has 2 fully saturated rings. The predicted octanol–water partition coefficient (Wildman–Crippen LogP) is 5.47. The van der Waals surface area contributed by atoms with Gasteiger partial charge in [0.1, 0.15) is 0 Å². The molecule has 0 spiro atoms. The maximum atomic E-state index is 10.8. The van der Waals surface area contributed by atoms with E-state index in [1.165, 1.54) is 0 Å². The van der Waals surface area contributed by atoms with Crippen LogP contribution < -0.4 is 0 Å². The van der Waals surface area contributed by atoms with Crippen molar-refractivity contribution in [1.29, 1.82) is 0 Å². The van der Waals surface area contributed by atoms with Crippen LogP contribution in [0.4, 0.5) is 0 Å². The van der Waals surface area contributed by atoms with Gasteiger partial charge in [0.25, 0.3) is 0 Å². The number of hydrogen-bond acceptors (Lipinski definition) is 4. The van der Waals surface area contributed by atoms with Crippen LogP contribution in [0.1, 0.15) is 105 Å². The van der Waals surface area contributed by atoms with Crippen LogP contribution in [0.15, 0.2) is 12.2 Å². The highest BCUT2D eigenvalue weighted by Gasteiger charge is 2.35. The third-order valence-electron chi connectivity index (χ3n) is 8.40. The molecule has 188 valence electrons. The van der Waals surface area contributed by atoms with Crippen LogP contribution in [0.25, 0.3) is 0 Å². The summed E-state index contributed by atoms with van der Waals surface area (Å²) in [6.07, 6.45) is 16.9. The van der Waals surface area contributed by atoms with Crippen LogP contribution in [-0.4, -0.2) is 45.8 Å². The summed E-state index contributed by atoms with van der Waals surface area (Å²) in [5.74, 6) is 1.26. The number of aliphatic hydroxyl groups excluding tert-OH is 4. The normalized spacial score (nSPS) is 31.8. The largest absolute Gasteiger partial charge is 0.396 e. The van der Waals surface area contributed by atoms with Crippen molar-refractivity contribution in [2.24, 2.45) is 34.5 Å². The summed E-state index contributed by atoms with van der Waals surface area (Å²) in [6, 6.07) is 0. The summed E-state index contributed by atoms with van der Waals surface area (Å²) >= 11 is 0. The molecule has 4 nitrogen and oxygen atoms in total. The molecule has 0 aromatic rings. The van der Waals surface area contributed by atoms with Crippen LogP contribution in [-0.2, 0) is 0 Å². The van der Waals surface area contributed by atoms with E-state index >= 15 is 0 Å². The maximum absolute atomic E-state index is 10.8. The zero-order valence-corrected chi connectivity index (χ0v) is 21.3. The minimum atomic E-state index is -0.249. The topological polar surface area (TPSA) is 80.9 Å². The maximum Gasteiger partial charge on any atom is 0.0630 e. The van der Waals surface area contributed by atoms with E-state index in [2.05, 4.69) is 39.8 Å². The number of hydrogen-bond donors (Lipinski definition) is 4. The summed E-state index contributed by atoms with van der Waals surface area (Å²) in [5, 5.41) is 40.4. The first-order valence-corrected chi connectivity index (χ1v) is 13.3. The molecule has 0 radical (unpaired) electrons. The van der Waals surface area contributed by atoms with Gasteiger partial charge in [-0.1, -0.05) is 65.5 Å². The molecule has 4 heteroatoms. The molecule has 0 aliphatic heterocycles. The Kier molecular flexibility index (Phi) is 11.2. The van der Waals surface area contributed by atoms with Gasteiger partial charge in [0, 0.05) is 25.0 Å². The van der Waals surface area contributed by atoms with Gasteiger partial charge in [-0.15, -0.1) is 0 Å². The number of aliphatic hydroxyl groups is 4. The van der Waals surface area contributed by atoms with Crippen molar-refractivity contribution in [1.82, 2.24) is 0 Å². The highest BCUT2D eigenvalue weighted by atomic mass is 16.3. The van der Waals surface area contributed by atoms with E-state index in [0.29, 0.717) is 11.8 Å². The second-order valence-electron chi connectivity index (χ2n) is 12.5. The first-order valence-electron chi connectivity index (χ1n) is 13.3. The summed E-state index contributed by atoms with van der Waals surface area (Å²) in [7, 11) is 0. The monoisotopic (exact) mass is 452 g/mol. The molecular formula is C28H52O4. The Balaban J connectivity index is 1.68. The average molecular weight is 453 g/mol. The van der Waals surface area contributed by atoms with Gasteiger partial charge in [-0.05, 0) is 74.0 Å². The van der Waals surface area contributed by atoms with Crippen LogP contribution in [0, 0.1) is 34.5 Å². The molecule has 2 aliphatic rings. The van der Waals surface area contributed by atoms with E-state index in [0.717, 1.165) is 77.0 Å². The highest BCUT2D eigenvalue weighted by molar-refractivity contribution is 5.04. The van der Waals surface area contributed by atoms with Crippen molar-refractivity contribution in [2.45, 2.75) is 117 Å². The lowest BCUT2D eigenvalue weighted by atomic mass is 9.86. The first-order chi connectivity index (χ1) is 15.1. The SMILES string of the molecule is CC(C)(CO)CCCCC1CCC(/C=C\C2CCC(CCCCC(C)(C)CO)C2O)C1O. The molecule has 0 heterocycles. The number of rotatable bonds is 14. The fourth-order valence-electron chi connectivity index (χ4n) is 5.71. The molecule has 2 rings (SSSR count). The van der Waals surface area contributed by atoms with Crippen molar-refractivity contribution >= 4 is 0 Å². The molecule has 0 saturated heterocycles. The summed E-state index contributed by atoms with van der Waals surface area (Å²) in [4.78, 5) is 0. The van der Waals surface area contributed by atoms with Gasteiger partial charge in [-0.3, -0.25) is 0 Å². The third kappa shape index (κ3) is 8.74. The van der Waals surface area contributed by atoms with Crippen molar-refractivity contribution in [3.05, 3.63) is 12.2 Å². The minimum absolute atomic E-state index is 0.00948. The Hall–Kier alpha value is -0.420. The smallest absolute Gasteiger partial charge is 0.0630 e. The van der Waals surface area contributed by atoms with Crippen molar-refractivity contribution in [3.63, 3.8) is 0 Å². The lowest BCUT2D eigenvalue weighted by molar-refractivity contribution is 0.0951. The average Bonchev–Trinajstić information content (AvgIpc) is 3.29. The molecule has 0 bridgehead atoms. The molecule has 0 aromatic carbocycles. The van der Waals surface area contributed by atoms with Crippen LogP contribution in [0.2, 0.25) is 0 Å². The molecule has 2 saturated carbocycles. The summed E-state index contributed by atoms with van der Waals surface area (Å²) < 4.78 is 0. The third-order valence-corrected chi connectivity index (χ3v) is 8.40. The zero-order chi connectivity index (χ0) is 23.8. The zero-order valence-electron chi connectivity index (χ0n) is 21.3. The highest BCUT2D eigenvalue weighted by Crippen LogP contribution is 2.39. The van der Waals surface area contributed by atoms with Gasteiger partial charge >= 0.3 is 0 Å². The van der Waals surface area contributed by atoms with Crippen molar-refractivity contribution in [3.8, 4) is 0 Å². The van der Waals surface area contributed by atoms with Gasteiger partial charge in [0.2, 0.25) is 0 Å². The molecular weight excluding hydrogens is 400 g/mol. The van der Waals surface area contributed by atoms with Crippen molar-refractivity contribution < 1.29 is 20.4 Å². The van der Waals surface area contributed by atoms with Crippen molar-refractivity contribution in [2.75, 3.05) is 13.2 Å². The predicted molar refractivity (Wildman–Crippen MR) is 132 cm³/mol. The van der Waals surface area contributed by atoms with E-state index in [1.807, 2.05) is 0 Å². The lowest BCUT2D eigenvalue weighted by Gasteiger charge is -2.23. The van der Waals surface area contributed by atoms with E-state index in [9.17, 15) is 20.4 Å². The fraction of sp³-hybridized carbons (Fsp3) is 0.929. The molecule has 0 amide bonds. The Morgan fingerprint density at radius 2 is 1.00 bits per heavy atom. The Morgan fingerprint density at radius 1 is 0.625 bits per heavy atom. The van der Waals surface area contributed by atoms with Crippen LogP contribution in [0.5, 0.6) is 0 Å². The lowest BCUT2D eigenvalue weighted by Crippen LogP contribution is -2.22. The first kappa shape index (κ1) is 27.8. The molecule has 4 N–H and O–H groups in total. The van der Waals surface area contributed by atoms with Gasteiger partial charge in [0.05, 0.1) is 12.2 Å². The molecule has 0 aromatic heterocycles. The Labute approximate surface area is 197 Å². The van der Waals surface area contributed by atoms with Crippen LogP contribution in [0.3, 0.4) is 0 Å². The Morgan fingerprint density at radius 3 is 1.34 bits per heavy atom. The van der Waals surface area contributed by atoms with E-state index < -0.39 is 0 Å². The number of unbranched alkanes of at least 4 members (excludes halogenated alkanes) is 2. The summed E-state index contributed by atoms with van der Waals surface area (Å²) in [5.41, 5.74) is 0.0190. The molecule has 6 atom stereocenters. The van der Waals surface area contributed by atoms with E-state index in [4.69, 9.17) is 0 Å². The van der Waals surface area contributed by atoms with E-state index in [1.54, 1.807) is 0 Å². The fourth-order valence-corrected chi connectivity index (χ4v) is 5.71. The summed E-state index contributed by atoms with van der Waals surface area (Å²) in [6.45, 7) is 8.91. The molecule has 2 aliphatic carbocycles. The standard InChI is InChI=1S/C28H52O4/c1-27(2,19-29)17-7-5-9-21-11-13-23(25(21)31)15-16-24-14-12-22(26(24)32)10-6-8-18-28(3,4)20-30/h15-16,21-26,29-32H,5-14,17-20H2,1-4H3/b16-15-. The van der Waals surface area contributed by atoms with Gasteiger partial charge < -0.3 is 20.4 Å². The second kappa shape index (κ2) is 12.9. The van der Waals surface area contributed by atoms with E-state index in [-0.39, 0.29) is 48.1 Å². The molecule has 6 unspecified atom stereocenters. The van der Waals surface area contributed by atoms with Crippen LogP contribution >= 0.6 is 0 Å². The quantitative estimate of drug-likeness (QED) is 0.208. The Bertz CT molecular complexity index is 508. The molecule has 32 heavy (non-hydrogen) atoms. The second-order valence-corrected chi connectivity index (χ2v) is 12.5. The minimum Gasteiger partial charge on any atom is -0.396 e. The van der Waals surface area contributed by atoms with Gasteiger partial charge in [-0.2, -0.15) is 0 Å².